The van der Waals surface area contributed by atoms with Crippen LogP contribution in [0.3, 0.4) is 0 Å². The van der Waals surface area contributed by atoms with Crippen LogP contribution in [0.25, 0.3) is 11.3 Å². The fraction of sp³-hybridized carbons (Fsp3) is 0.250. The molecule has 6 nitrogen and oxygen atoms in total. The van der Waals surface area contributed by atoms with Crippen LogP contribution in [0.15, 0.2) is 55.0 Å². The number of carbonyl (C=O) groups excluding carboxylic acids is 1. The Bertz CT molecular complexity index is 844. The lowest BCUT2D eigenvalue weighted by Crippen LogP contribution is -2.27. The molecule has 0 aliphatic carbocycles. The Labute approximate surface area is 153 Å². The summed E-state index contributed by atoms with van der Waals surface area (Å²) in [7, 11) is 0. The zero-order valence-electron chi connectivity index (χ0n) is 14.8. The standard InChI is InChI=1S/C20H23N5O/c1-15-4-2-6-17(10-15)20-18(14-24-25-20)13-22-9-7-19(26)23-12-16-5-3-8-21-11-16/h2-6,8,10-11,14,22H,7,9,12-13H2,1H3,(H,23,26)(H,24,25). The first-order chi connectivity index (χ1) is 12.7. The Balaban J connectivity index is 1.43. The van der Waals surface area contributed by atoms with E-state index < -0.39 is 0 Å². The number of nitrogens with zero attached hydrogens (tertiary/aromatic N) is 2. The van der Waals surface area contributed by atoms with Crippen molar-refractivity contribution in [1.82, 2.24) is 25.8 Å². The first-order valence-corrected chi connectivity index (χ1v) is 8.68. The second kappa shape index (κ2) is 8.92. The van der Waals surface area contributed by atoms with Crippen LogP contribution in [0.5, 0.6) is 0 Å². The molecule has 1 aromatic carbocycles. The predicted molar refractivity (Wildman–Crippen MR) is 101 cm³/mol. The quantitative estimate of drug-likeness (QED) is 0.546. The van der Waals surface area contributed by atoms with Crippen LogP contribution in [-0.2, 0) is 17.9 Å². The van der Waals surface area contributed by atoms with E-state index in [2.05, 4.69) is 50.9 Å². The van der Waals surface area contributed by atoms with Gasteiger partial charge in [-0.3, -0.25) is 14.9 Å². The molecule has 0 saturated carbocycles. The highest BCUT2D eigenvalue weighted by molar-refractivity contribution is 5.76. The van der Waals surface area contributed by atoms with Crippen molar-refractivity contribution < 1.29 is 4.79 Å². The molecule has 0 saturated heterocycles. The van der Waals surface area contributed by atoms with Crippen molar-refractivity contribution in [2.75, 3.05) is 6.54 Å². The molecule has 134 valence electrons. The van der Waals surface area contributed by atoms with Gasteiger partial charge in [-0.25, -0.2) is 0 Å². The lowest BCUT2D eigenvalue weighted by Gasteiger charge is -2.07. The van der Waals surface area contributed by atoms with Crippen molar-refractivity contribution in [3.05, 3.63) is 71.7 Å². The van der Waals surface area contributed by atoms with Crippen LogP contribution >= 0.6 is 0 Å². The molecule has 0 bridgehead atoms. The third-order valence-electron chi connectivity index (χ3n) is 4.08. The van der Waals surface area contributed by atoms with E-state index in [0.717, 1.165) is 22.4 Å². The molecule has 0 aliphatic rings. The van der Waals surface area contributed by atoms with Gasteiger partial charge < -0.3 is 10.6 Å². The first-order valence-electron chi connectivity index (χ1n) is 8.68. The largest absolute Gasteiger partial charge is 0.352 e. The highest BCUT2D eigenvalue weighted by Crippen LogP contribution is 2.21. The Kier molecular flexibility index (Phi) is 6.11. The Morgan fingerprint density at radius 3 is 2.88 bits per heavy atom. The molecule has 2 heterocycles. The topological polar surface area (TPSA) is 82.7 Å². The number of pyridine rings is 1. The van der Waals surface area contributed by atoms with Gasteiger partial charge in [0.1, 0.15) is 0 Å². The number of rotatable bonds is 8. The van der Waals surface area contributed by atoms with Gasteiger partial charge in [-0.1, -0.05) is 29.8 Å². The highest BCUT2D eigenvalue weighted by atomic mass is 16.1. The van der Waals surface area contributed by atoms with E-state index in [1.54, 1.807) is 12.4 Å². The van der Waals surface area contributed by atoms with Gasteiger partial charge in [0.15, 0.2) is 0 Å². The fourth-order valence-corrected chi connectivity index (χ4v) is 2.71. The molecule has 6 heteroatoms. The molecule has 3 N–H and O–H groups in total. The number of nitrogens with one attached hydrogen (secondary N) is 3. The summed E-state index contributed by atoms with van der Waals surface area (Å²) in [6.45, 7) is 3.85. The van der Waals surface area contributed by atoms with Crippen LogP contribution in [0.1, 0.15) is 23.1 Å². The molecule has 0 spiro atoms. The predicted octanol–water partition coefficient (Wildman–Crippen LogP) is 2.58. The summed E-state index contributed by atoms with van der Waals surface area (Å²) in [6.07, 6.45) is 5.73. The summed E-state index contributed by atoms with van der Waals surface area (Å²) < 4.78 is 0. The normalized spacial score (nSPS) is 10.7. The number of hydrogen-bond acceptors (Lipinski definition) is 4. The zero-order valence-corrected chi connectivity index (χ0v) is 14.8. The van der Waals surface area contributed by atoms with Crippen molar-refractivity contribution in [3.8, 4) is 11.3 Å². The summed E-state index contributed by atoms with van der Waals surface area (Å²) in [4.78, 5) is 15.9. The van der Waals surface area contributed by atoms with Crippen LogP contribution < -0.4 is 10.6 Å². The summed E-state index contributed by atoms with van der Waals surface area (Å²) in [6, 6.07) is 12.1. The number of hydrogen-bond donors (Lipinski definition) is 3. The van der Waals surface area contributed by atoms with Gasteiger partial charge in [-0.05, 0) is 24.6 Å². The summed E-state index contributed by atoms with van der Waals surface area (Å²) >= 11 is 0. The maximum atomic E-state index is 11.9. The summed E-state index contributed by atoms with van der Waals surface area (Å²) in [5.41, 5.74) is 5.43. The van der Waals surface area contributed by atoms with Crippen LogP contribution in [-0.4, -0.2) is 27.6 Å². The van der Waals surface area contributed by atoms with Crippen LogP contribution in [0, 0.1) is 6.92 Å². The van der Waals surface area contributed by atoms with Crippen molar-refractivity contribution in [1.29, 1.82) is 0 Å². The van der Waals surface area contributed by atoms with Crippen molar-refractivity contribution >= 4 is 5.91 Å². The van der Waals surface area contributed by atoms with Gasteiger partial charge >= 0.3 is 0 Å². The lowest BCUT2D eigenvalue weighted by molar-refractivity contribution is -0.121. The van der Waals surface area contributed by atoms with Gasteiger partial charge in [-0.15, -0.1) is 0 Å². The van der Waals surface area contributed by atoms with Gasteiger partial charge in [0.05, 0.1) is 11.9 Å². The van der Waals surface area contributed by atoms with E-state index in [-0.39, 0.29) is 5.91 Å². The van der Waals surface area contributed by atoms with E-state index in [1.165, 1.54) is 5.56 Å². The van der Waals surface area contributed by atoms with E-state index in [4.69, 9.17) is 0 Å². The van der Waals surface area contributed by atoms with Crippen LogP contribution in [0.2, 0.25) is 0 Å². The van der Waals surface area contributed by atoms with Gasteiger partial charge in [0, 0.05) is 49.6 Å². The monoisotopic (exact) mass is 349 g/mol. The second-order valence-corrected chi connectivity index (χ2v) is 6.20. The Morgan fingerprint density at radius 1 is 1.15 bits per heavy atom. The number of aryl methyl sites for hydroxylation is 1. The SMILES string of the molecule is Cc1cccc(-c2[nH]ncc2CNCCC(=O)NCc2cccnc2)c1. The van der Waals surface area contributed by atoms with E-state index in [9.17, 15) is 4.79 Å². The van der Waals surface area contributed by atoms with Gasteiger partial charge in [-0.2, -0.15) is 5.10 Å². The molecule has 3 rings (SSSR count). The molecule has 0 fully saturated rings. The van der Waals surface area contributed by atoms with Gasteiger partial charge in [0.2, 0.25) is 5.91 Å². The molecular weight excluding hydrogens is 326 g/mol. The maximum Gasteiger partial charge on any atom is 0.221 e. The molecule has 3 aromatic rings. The molecule has 0 radical (unpaired) electrons. The average Bonchev–Trinajstić information content (AvgIpc) is 3.13. The van der Waals surface area contributed by atoms with E-state index >= 15 is 0 Å². The van der Waals surface area contributed by atoms with Crippen molar-refractivity contribution in [3.63, 3.8) is 0 Å². The maximum absolute atomic E-state index is 11.9. The minimum atomic E-state index is 0.0208. The molecule has 2 aromatic heterocycles. The number of amides is 1. The summed E-state index contributed by atoms with van der Waals surface area (Å²) in [5.74, 6) is 0.0208. The second-order valence-electron chi connectivity index (χ2n) is 6.20. The van der Waals surface area contributed by atoms with E-state index in [1.807, 2.05) is 24.4 Å². The smallest absolute Gasteiger partial charge is 0.221 e. The Morgan fingerprint density at radius 2 is 2.08 bits per heavy atom. The minimum Gasteiger partial charge on any atom is -0.352 e. The third-order valence-corrected chi connectivity index (χ3v) is 4.08. The number of aromatic nitrogens is 3. The van der Waals surface area contributed by atoms with Crippen molar-refractivity contribution in [2.45, 2.75) is 26.4 Å². The lowest BCUT2D eigenvalue weighted by atomic mass is 10.1. The first kappa shape index (κ1) is 17.8. The van der Waals surface area contributed by atoms with Gasteiger partial charge in [0.25, 0.3) is 0 Å². The number of aromatic amines is 1. The fourth-order valence-electron chi connectivity index (χ4n) is 2.71. The molecule has 26 heavy (non-hydrogen) atoms. The highest BCUT2D eigenvalue weighted by Gasteiger charge is 2.08. The number of H-pyrrole nitrogens is 1. The molecule has 0 atom stereocenters. The minimum absolute atomic E-state index is 0.0208. The van der Waals surface area contributed by atoms with E-state index in [0.29, 0.717) is 26.1 Å². The number of benzene rings is 1. The molecular formula is C20H23N5O. The Hall–Kier alpha value is -2.99. The molecule has 1 amide bonds. The zero-order chi connectivity index (χ0) is 18.2. The molecule has 0 aliphatic heterocycles. The molecule has 0 unspecified atom stereocenters. The third kappa shape index (κ3) is 5.00. The van der Waals surface area contributed by atoms with Crippen molar-refractivity contribution in [2.24, 2.45) is 0 Å². The number of carbonyl (C=O) groups is 1. The summed E-state index contributed by atoms with van der Waals surface area (Å²) in [5, 5.41) is 13.4. The average molecular weight is 349 g/mol. The van der Waals surface area contributed by atoms with Crippen LogP contribution in [0.4, 0.5) is 0 Å².